The molecule has 3 heteroatoms. The number of thiol groups is 1. The van der Waals surface area contributed by atoms with E-state index in [1.165, 1.54) is 24.1 Å². The van der Waals surface area contributed by atoms with Gasteiger partial charge in [0, 0.05) is 18.3 Å². The lowest BCUT2D eigenvalue weighted by molar-refractivity contribution is 0.449. The molecule has 0 spiro atoms. The summed E-state index contributed by atoms with van der Waals surface area (Å²) in [5.41, 5.74) is 2.84. The quantitative estimate of drug-likeness (QED) is 0.782. The van der Waals surface area contributed by atoms with Crippen LogP contribution in [0.2, 0.25) is 0 Å². The Bertz CT molecular complexity index is 410. The Morgan fingerprint density at radius 2 is 2.24 bits per heavy atom. The normalized spacial score (nSPS) is 26.9. The number of fused-ring (bicyclic) bond motifs is 1. The summed E-state index contributed by atoms with van der Waals surface area (Å²) in [7, 11) is 0. The summed E-state index contributed by atoms with van der Waals surface area (Å²) in [4.78, 5) is 2.39. The van der Waals surface area contributed by atoms with Crippen molar-refractivity contribution < 1.29 is 0 Å². The average molecular weight is 248 g/mol. The van der Waals surface area contributed by atoms with Gasteiger partial charge in [-0.1, -0.05) is 18.2 Å². The van der Waals surface area contributed by atoms with Crippen LogP contribution in [0.4, 0.5) is 5.69 Å². The van der Waals surface area contributed by atoms with E-state index in [0.29, 0.717) is 6.04 Å². The fraction of sp³-hybridized carbons (Fsp3) is 0.571. The van der Waals surface area contributed by atoms with Crippen LogP contribution in [0.25, 0.3) is 0 Å². The van der Waals surface area contributed by atoms with Gasteiger partial charge in [0.05, 0.1) is 4.87 Å². The number of nitrogens with zero attached hydrogens (tertiary/aromatic N) is 1. The highest BCUT2D eigenvalue weighted by Gasteiger charge is 2.40. The van der Waals surface area contributed by atoms with Gasteiger partial charge in [-0.2, -0.15) is 0 Å². The third kappa shape index (κ3) is 1.85. The number of hydrogen-bond acceptors (Lipinski definition) is 3. The van der Waals surface area contributed by atoms with Gasteiger partial charge in [0.15, 0.2) is 0 Å². The molecular weight excluding hydrogens is 228 g/mol. The van der Waals surface area contributed by atoms with Crippen LogP contribution in [0.1, 0.15) is 25.3 Å². The minimum atomic E-state index is -0.0803. The zero-order valence-corrected chi connectivity index (χ0v) is 11.2. The fourth-order valence-electron chi connectivity index (χ4n) is 3.15. The molecule has 2 aliphatic rings. The van der Waals surface area contributed by atoms with E-state index < -0.39 is 0 Å². The lowest BCUT2D eigenvalue weighted by Gasteiger charge is -2.41. The Labute approximate surface area is 109 Å². The molecule has 0 aliphatic carbocycles. The fourth-order valence-corrected chi connectivity index (χ4v) is 3.58. The van der Waals surface area contributed by atoms with Crippen molar-refractivity contribution in [1.29, 1.82) is 0 Å². The van der Waals surface area contributed by atoms with Gasteiger partial charge in [0.25, 0.3) is 0 Å². The maximum atomic E-state index is 4.97. The number of benzene rings is 1. The maximum absolute atomic E-state index is 4.97. The van der Waals surface area contributed by atoms with Crippen LogP contribution in [0.15, 0.2) is 24.3 Å². The highest BCUT2D eigenvalue weighted by Crippen LogP contribution is 2.38. The van der Waals surface area contributed by atoms with Crippen LogP contribution in [-0.4, -0.2) is 24.0 Å². The summed E-state index contributed by atoms with van der Waals surface area (Å²) in [5, 5.41) is 3.59. The molecule has 1 aromatic rings. The second-order valence-corrected chi connectivity index (χ2v) is 6.18. The van der Waals surface area contributed by atoms with Gasteiger partial charge in [-0.25, -0.2) is 0 Å². The SMILES string of the molecule is CC(S)([C@H]1CCCN1)N1CCc2ccccc21. The summed E-state index contributed by atoms with van der Waals surface area (Å²) in [5.74, 6) is 0. The van der Waals surface area contributed by atoms with Crippen molar-refractivity contribution in [1.82, 2.24) is 5.32 Å². The Kier molecular flexibility index (Phi) is 2.83. The first kappa shape index (κ1) is 11.4. The molecule has 0 saturated carbocycles. The Morgan fingerprint density at radius 3 is 3.00 bits per heavy atom. The molecule has 3 rings (SSSR count). The van der Waals surface area contributed by atoms with Gasteiger partial charge in [0.1, 0.15) is 0 Å². The van der Waals surface area contributed by atoms with E-state index in [-0.39, 0.29) is 4.87 Å². The number of anilines is 1. The first-order valence-electron chi connectivity index (χ1n) is 6.51. The molecule has 2 heterocycles. The van der Waals surface area contributed by atoms with Crippen LogP contribution in [-0.2, 0) is 6.42 Å². The maximum Gasteiger partial charge on any atom is 0.0957 e. The first-order chi connectivity index (χ1) is 8.19. The van der Waals surface area contributed by atoms with Gasteiger partial charge in [0.2, 0.25) is 0 Å². The largest absolute Gasteiger partial charge is 0.355 e. The summed E-state index contributed by atoms with van der Waals surface area (Å²) in [6.45, 7) is 4.48. The first-order valence-corrected chi connectivity index (χ1v) is 6.95. The third-order valence-corrected chi connectivity index (χ3v) is 4.71. The average Bonchev–Trinajstić information content (AvgIpc) is 2.99. The van der Waals surface area contributed by atoms with Gasteiger partial charge < -0.3 is 10.2 Å². The molecule has 1 saturated heterocycles. The number of nitrogens with one attached hydrogen (secondary N) is 1. The van der Waals surface area contributed by atoms with Gasteiger partial charge in [-0.3, -0.25) is 0 Å². The lowest BCUT2D eigenvalue weighted by Crippen LogP contribution is -2.53. The molecule has 2 aliphatic heterocycles. The van der Waals surface area contributed by atoms with E-state index in [0.717, 1.165) is 19.5 Å². The van der Waals surface area contributed by atoms with E-state index in [4.69, 9.17) is 12.6 Å². The monoisotopic (exact) mass is 248 g/mol. The zero-order chi connectivity index (χ0) is 11.9. The van der Waals surface area contributed by atoms with Crippen LogP contribution >= 0.6 is 12.6 Å². The van der Waals surface area contributed by atoms with E-state index in [1.807, 2.05) is 0 Å². The topological polar surface area (TPSA) is 15.3 Å². The van der Waals surface area contributed by atoms with Crippen molar-refractivity contribution in [3.63, 3.8) is 0 Å². The second kappa shape index (κ2) is 4.21. The Morgan fingerprint density at radius 1 is 1.41 bits per heavy atom. The predicted octanol–water partition coefficient (Wildman–Crippen LogP) is 2.45. The van der Waals surface area contributed by atoms with Crippen molar-refractivity contribution in [3.05, 3.63) is 29.8 Å². The molecule has 2 nitrogen and oxygen atoms in total. The van der Waals surface area contributed by atoms with Crippen molar-refractivity contribution in [2.75, 3.05) is 18.0 Å². The van der Waals surface area contributed by atoms with E-state index >= 15 is 0 Å². The van der Waals surface area contributed by atoms with E-state index in [2.05, 4.69) is 41.4 Å². The molecule has 1 unspecified atom stereocenters. The minimum Gasteiger partial charge on any atom is -0.355 e. The van der Waals surface area contributed by atoms with Crippen molar-refractivity contribution in [3.8, 4) is 0 Å². The highest BCUT2D eigenvalue weighted by atomic mass is 32.1. The summed E-state index contributed by atoms with van der Waals surface area (Å²) in [6, 6.07) is 9.22. The summed E-state index contributed by atoms with van der Waals surface area (Å²) in [6.07, 6.45) is 3.66. The lowest BCUT2D eigenvalue weighted by atomic mass is 10.1. The Hall–Kier alpha value is -0.670. The second-order valence-electron chi connectivity index (χ2n) is 5.27. The van der Waals surface area contributed by atoms with Crippen LogP contribution in [0, 0.1) is 0 Å². The number of rotatable bonds is 2. The molecule has 1 N–H and O–H groups in total. The van der Waals surface area contributed by atoms with Crippen molar-refractivity contribution >= 4 is 18.3 Å². The zero-order valence-electron chi connectivity index (χ0n) is 10.3. The highest BCUT2D eigenvalue weighted by molar-refractivity contribution is 7.82. The molecule has 2 atom stereocenters. The summed E-state index contributed by atoms with van der Waals surface area (Å²) >= 11 is 4.97. The van der Waals surface area contributed by atoms with E-state index in [1.54, 1.807) is 0 Å². The molecule has 1 fully saturated rings. The molecule has 0 bridgehead atoms. The minimum absolute atomic E-state index is 0.0803. The standard InChI is InChI=1S/C14H20N2S/c1-14(17,13-7-4-9-15-13)16-10-8-11-5-2-3-6-12(11)16/h2-3,5-6,13,15,17H,4,7-10H2,1H3/t13-,14?/m1/s1. The van der Waals surface area contributed by atoms with Gasteiger partial charge in [-0.05, 0) is 44.4 Å². The Balaban J connectivity index is 1.90. The van der Waals surface area contributed by atoms with E-state index in [9.17, 15) is 0 Å². The van der Waals surface area contributed by atoms with Crippen LogP contribution in [0.3, 0.4) is 0 Å². The van der Waals surface area contributed by atoms with Crippen molar-refractivity contribution in [2.24, 2.45) is 0 Å². The summed E-state index contributed by atoms with van der Waals surface area (Å²) < 4.78 is 0. The van der Waals surface area contributed by atoms with Crippen LogP contribution in [0.5, 0.6) is 0 Å². The number of hydrogen-bond donors (Lipinski definition) is 2. The molecule has 1 aromatic carbocycles. The predicted molar refractivity (Wildman–Crippen MR) is 75.9 cm³/mol. The smallest absolute Gasteiger partial charge is 0.0957 e. The van der Waals surface area contributed by atoms with Crippen LogP contribution < -0.4 is 10.2 Å². The third-order valence-electron chi connectivity index (χ3n) is 4.15. The molecule has 0 radical (unpaired) electrons. The van der Waals surface area contributed by atoms with Gasteiger partial charge in [-0.15, -0.1) is 12.6 Å². The molecule has 92 valence electrons. The van der Waals surface area contributed by atoms with Gasteiger partial charge >= 0.3 is 0 Å². The van der Waals surface area contributed by atoms with Crippen molar-refractivity contribution in [2.45, 2.75) is 37.1 Å². The molecule has 0 amide bonds. The molecular formula is C14H20N2S. The number of para-hydroxylation sites is 1. The molecule has 17 heavy (non-hydrogen) atoms. The molecule has 0 aromatic heterocycles.